The van der Waals surface area contributed by atoms with Gasteiger partial charge in [0.1, 0.15) is 6.10 Å². The van der Waals surface area contributed by atoms with E-state index in [0.29, 0.717) is 13.0 Å². The second-order valence-electron chi connectivity index (χ2n) is 6.20. The van der Waals surface area contributed by atoms with E-state index in [1.165, 1.54) is 5.56 Å². The molecule has 2 atom stereocenters. The lowest BCUT2D eigenvalue weighted by Gasteiger charge is -2.22. The van der Waals surface area contributed by atoms with Gasteiger partial charge in [0.05, 0.1) is 12.6 Å². The highest BCUT2D eigenvalue weighted by molar-refractivity contribution is 5.67. The van der Waals surface area contributed by atoms with E-state index in [1.807, 2.05) is 54.6 Å². The van der Waals surface area contributed by atoms with E-state index in [-0.39, 0.29) is 12.1 Å². The van der Waals surface area contributed by atoms with E-state index < -0.39 is 6.09 Å². The van der Waals surface area contributed by atoms with Gasteiger partial charge in [0.25, 0.3) is 0 Å². The molecular formula is C21H24N2O3. The summed E-state index contributed by atoms with van der Waals surface area (Å²) in [5.41, 5.74) is 6.32. The summed E-state index contributed by atoms with van der Waals surface area (Å²) in [6, 6.07) is 20.0. The van der Waals surface area contributed by atoms with Gasteiger partial charge in [-0.2, -0.15) is 0 Å². The van der Waals surface area contributed by atoms with Gasteiger partial charge in [-0.25, -0.2) is 4.79 Å². The second-order valence-corrected chi connectivity index (χ2v) is 6.20. The molecule has 5 heteroatoms. The molecule has 1 aliphatic rings. The molecule has 136 valence electrons. The Hall–Kier alpha value is -2.79. The highest BCUT2D eigenvalue weighted by Gasteiger charge is 2.28. The molecule has 0 saturated heterocycles. The zero-order valence-electron chi connectivity index (χ0n) is 14.9. The molecule has 1 amide bonds. The van der Waals surface area contributed by atoms with E-state index in [4.69, 9.17) is 9.57 Å². The first-order chi connectivity index (χ1) is 12.7. The first-order valence-corrected chi connectivity index (χ1v) is 8.88. The summed E-state index contributed by atoms with van der Waals surface area (Å²) in [6.07, 6.45) is 2.75. The average molecular weight is 352 g/mol. The van der Waals surface area contributed by atoms with Crippen molar-refractivity contribution >= 4 is 6.09 Å². The molecule has 0 radical (unpaired) electrons. The number of nitrogens with one attached hydrogen (secondary N) is 2. The molecule has 2 aromatic rings. The predicted molar refractivity (Wildman–Crippen MR) is 100 cm³/mol. The maximum absolute atomic E-state index is 11.9. The number of allylic oxidation sites excluding steroid dienone is 1. The maximum atomic E-state index is 11.9. The summed E-state index contributed by atoms with van der Waals surface area (Å²) >= 11 is 0. The molecule has 2 N–H and O–H groups in total. The highest BCUT2D eigenvalue weighted by atomic mass is 16.7. The maximum Gasteiger partial charge on any atom is 0.407 e. The van der Waals surface area contributed by atoms with Crippen molar-refractivity contribution in [2.45, 2.75) is 31.9 Å². The summed E-state index contributed by atoms with van der Waals surface area (Å²) in [6.45, 7) is 2.13. The number of hydroxylamine groups is 1. The monoisotopic (exact) mass is 352 g/mol. The standard InChI is InChI=1S/C21H24N2O3/c1-2-25-21(24)22-19(14-17-11-7-4-8-12-17)20-15-18(23-26-20)13-16-9-5-3-6-10-16/h3-12,15,19-20,23H,2,13-14H2,1H3,(H,22,24). The summed E-state index contributed by atoms with van der Waals surface area (Å²) in [7, 11) is 0. The van der Waals surface area contributed by atoms with Gasteiger partial charge in [-0.15, -0.1) is 0 Å². The smallest absolute Gasteiger partial charge is 0.407 e. The summed E-state index contributed by atoms with van der Waals surface area (Å²) in [4.78, 5) is 17.7. The second kappa shape index (κ2) is 9.06. The zero-order chi connectivity index (χ0) is 18.2. The summed E-state index contributed by atoms with van der Waals surface area (Å²) in [5, 5.41) is 2.92. The topological polar surface area (TPSA) is 59.6 Å². The highest BCUT2D eigenvalue weighted by Crippen LogP contribution is 2.18. The molecule has 26 heavy (non-hydrogen) atoms. The van der Waals surface area contributed by atoms with Crippen LogP contribution in [0, 0.1) is 0 Å². The van der Waals surface area contributed by atoms with Crippen molar-refractivity contribution in [3.8, 4) is 0 Å². The number of carbonyl (C=O) groups excluding carboxylic acids is 1. The SMILES string of the molecule is CCOC(=O)NC(Cc1ccccc1)C1C=C(Cc2ccccc2)NO1. The molecule has 0 saturated carbocycles. The van der Waals surface area contributed by atoms with Crippen molar-refractivity contribution in [3.63, 3.8) is 0 Å². The number of carbonyl (C=O) groups is 1. The van der Waals surface area contributed by atoms with Gasteiger partial charge in [0, 0.05) is 12.1 Å². The van der Waals surface area contributed by atoms with E-state index in [1.54, 1.807) is 6.92 Å². The lowest BCUT2D eigenvalue weighted by molar-refractivity contribution is 0.0196. The Balaban J connectivity index is 1.70. The molecule has 0 spiro atoms. The molecule has 1 aliphatic heterocycles. The van der Waals surface area contributed by atoms with Gasteiger partial charge in [-0.05, 0) is 30.5 Å². The van der Waals surface area contributed by atoms with E-state index in [0.717, 1.165) is 17.7 Å². The molecule has 0 fully saturated rings. The van der Waals surface area contributed by atoms with Gasteiger partial charge >= 0.3 is 6.09 Å². The van der Waals surface area contributed by atoms with E-state index in [2.05, 4.69) is 22.9 Å². The quantitative estimate of drug-likeness (QED) is 0.802. The fourth-order valence-electron chi connectivity index (χ4n) is 2.96. The molecule has 0 aliphatic carbocycles. The third kappa shape index (κ3) is 5.10. The average Bonchev–Trinajstić information content (AvgIpc) is 3.11. The third-order valence-corrected chi connectivity index (χ3v) is 4.20. The minimum Gasteiger partial charge on any atom is -0.450 e. The summed E-state index contributed by atoms with van der Waals surface area (Å²) < 4.78 is 5.05. The van der Waals surface area contributed by atoms with Crippen molar-refractivity contribution < 1.29 is 14.4 Å². The first-order valence-electron chi connectivity index (χ1n) is 8.88. The minimum atomic E-state index is -0.429. The molecular weight excluding hydrogens is 328 g/mol. The number of alkyl carbamates (subject to hydrolysis) is 1. The molecule has 0 bridgehead atoms. The van der Waals surface area contributed by atoms with Crippen LogP contribution in [0.2, 0.25) is 0 Å². The van der Waals surface area contributed by atoms with Crippen LogP contribution in [-0.4, -0.2) is 24.8 Å². The number of benzene rings is 2. The molecule has 2 aromatic carbocycles. The van der Waals surface area contributed by atoms with Crippen molar-refractivity contribution in [2.75, 3.05) is 6.61 Å². The van der Waals surface area contributed by atoms with Gasteiger partial charge in [-0.3, -0.25) is 10.3 Å². The zero-order valence-corrected chi connectivity index (χ0v) is 14.9. The van der Waals surface area contributed by atoms with Crippen molar-refractivity contribution in [1.82, 2.24) is 10.8 Å². The number of ether oxygens (including phenoxy) is 1. The molecule has 3 rings (SSSR count). The fraction of sp³-hybridized carbons (Fsp3) is 0.286. The number of amides is 1. The van der Waals surface area contributed by atoms with Crippen LogP contribution in [0.5, 0.6) is 0 Å². The van der Waals surface area contributed by atoms with Crippen LogP contribution in [-0.2, 0) is 22.4 Å². The summed E-state index contributed by atoms with van der Waals surface area (Å²) in [5.74, 6) is 0. The van der Waals surface area contributed by atoms with Gasteiger partial charge in [0.15, 0.2) is 0 Å². The number of hydrogen-bond donors (Lipinski definition) is 2. The van der Waals surface area contributed by atoms with Crippen LogP contribution in [0.3, 0.4) is 0 Å². The molecule has 0 aromatic heterocycles. The molecule has 2 unspecified atom stereocenters. The Kier molecular flexibility index (Phi) is 6.28. The Morgan fingerprint density at radius 2 is 1.77 bits per heavy atom. The normalized spacial score (nSPS) is 17.1. The third-order valence-electron chi connectivity index (χ3n) is 4.20. The minimum absolute atomic E-state index is 0.225. The van der Waals surface area contributed by atoms with Crippen LogP contribution in [0.4, 0.5) is 4.79 Å². The molecule has 5 nitrogen and oxygen atoms in total. The van der Waals surface area contributed by atoms with Crippen LogP contribution in [0.25, 0.3) is 0 Å². The van der Waals surface area contributed by atoms with Crippen LogP contribution < -0.4 is 10.8 Å². The lowest BCUT2D eigenvalue weighted by Crippen LogP contribution is -2.45. The fourth-order valence-corrected chi connectivity index (χ4v) is 2.96. The Morgan fingerprint density at radius 1 is 1.12 bits per heavy atom. The Bertz CT molecular complexity index is 731. The van der Waals surface area contributed by atoms with E-state index >= 15 is 0 Å². The Morgan fingerprint density at radius 3 is 2.42 bits per heavy atom. The van der Waals surface area contributed by atoms with Crippen LogP contribution in [0.15, 0.2) is 72.4 Å². The van der Waals surface area contributed by atoms with Gasteiger partial charge in [-0.1, -0.05) is 60.7 Å². The van der Waals surface area contributed by atoms with E-state index in [9.17, 15) is 4.79 Å². The van der Waals surface area contributed by atoms with Crippen LogP contribution in [0.1, 0.15) is 18.1 Å². The van der Waals surface area contributed by atoms with Crippen molar-refractivity contribution in [2.24, 2.45) is 0 Å². The van der Waals surface area contributed by atoms with Crippen molar-refractivity contribution in [1.29, 1.82) is 0 Å². The molecule has 1 heterocycles. The van der Waals surface area contributed by atoms with Crippen molar-refractivity contribution in [3.05, 3.63) is 83.6 Å². The first kappa shape index (κ1) is 18.0. The lowest BCUT2D eigenvalue weighted by atomic mass is 10.00. The number of rotatable bonds is 7. The van der Waals surface area contributed by atoms with Gasteiger partial charge in [0.2, 0.25) is 0 Å². The Labute approximate surface area is 154 Å². The van der Waals surface area contributed by atoms with Crippen LogP contribution >= 0.6 is 0 Å². The number of hydrogen-bond acceptors (Lipinski definition) is 4. The van der Waals surface area contributed by atoms with Gasteiger partial charge < -0.3 is 10.1 Å². The predicted octanol–water partition coefficient (Wildman–Crippen LogP) is 3.37. The largest absolute Gasteiger partial charge is 0.450 e.